The Morgan fingerprint density at radius 1 is 1.50 bits per heavy atom. The monoisotopic (exact) mass is 275 g/mol. The molecule has 1 fully saturated rings. The number of rotatable bonds is 6. The molecule has 0 unspecified atom stereocenters. The highest BCUT2D eigenvalue weighted by atomic mass is 19.1. The van der Waals surface area contributed by atoms with Gasteiger partial charge < -0.3 is 14.6 Å². The number of furan rings is 1. The third-order valence-electron chi connectivity index (χ3n) is 3.40. The van der Waals surface area contributed by atoms with Crippen molar-refractivity contribution >= 4 is 5.82 Å². The van der Waals surface area contributed by atoms with Gasteiger partial charge in [0.05, 0.1) is 19.0 Å². The second-order valence-electron chi connectivity index (χ2n) is 5.23. The maximum Gasteiger partial charge on any atom is 0.141 e. The third-order valence-corrected chi connectivity index (χ3v) is 3.40. The van der Waals surface area contributed by atoms with Crippen molar-refractivity contribution in [2.24, 2.45) is 0 Å². The third kappa shape index (κ3) is 3.17. The first-order valence-electron chi connectivity index (χ1n) is 6.83. The van der Waals surface area contributed by atoms with Crippen molar-refractivity contribution in [3.05, 3.63) is 47.8 Å². The first kappa shape index (κ1) is 13.1. The van der Waals surface area contributed by atoms with E-state index in [1.54, 1.807) is 12.3 Å². The molecule has 0 amide bonds. The molecule has 1 saturated carbocycles. The van der Waals surface area contributed by atoms with Crippen LogP contribution in [0.2, 0.25) is 0 Å². The van der Waals surface area contributed by atoms with Gasteiger partial charge in [-0.05, 0) is 31.0 Å². The maximum absolute atomic E-state index is 13.4. The topological polar surface area (TPSA) is 41.3 Å². The molecule has 0 spiro atoms. The molecule has 0 radical (unpaired) electrons. The van der Waals surface area contributed by atoms with Crippen LogP contribution in [0.5, 0.6) is 0 Å². The summed E-state index contributed by atoms with van der Waals surface area (Å²) in [4.78, 5) is 6.20. The second-order valence-corrected chi connectivity index (χ2v) is 5.23. The molecule has 0 atom stereocenters. The number of pyridine rings is 1. The molecule has 2 aromatic heterocycles. The van der Waals surface area contributed by atoms with Gasteiger partial charge in [-0.15, -0.1) is 0 Å². The molecule has 0 aliphatic heterocycles. The van der Waals surface area contributed by atoms with Crippen LogP contribution in [0.25, 0.3) is 0 Å². The highest BCUT2D eigenvalue weighted by molar-refractivity contribution is 5.46. The van der Waals surface area contributed by atoms with Gasteiger partial charge in [0.25, 0.3) is 0 Å². The number of halogens is 1. The summed E-state index contributed by atoms with van der Waals surface area (Å²) in [6.07, 6.45) is 5.33. The Kier molecular flexibility index (Phi) is 3.69. The van der Waals surface area contributed by atoms with Gasteiger partial charge in [0.1, 0.15) is 17.4 Å². The Morgan fingerprint density at radius 2 is 2.35 bits per heavy atom. The number of anilines is 1. The van der Waals surface area contributed by atoms with Crippen molar-refractivity contribution in [2.75, 3.05) is 11.9 Å². The van der Waals surface area contributed by atoms with Gasteiger partial charge in [0.15, 0.2) is 0 Å². The van der Waals surface area contributed by atoms with E-state index in [0.29, 0.717) is 19.1 Å². The van der Waals surface area contributed by atoms with Crippen molar-refractivity contribution < 1.29 is 8.81 Å². The molecule has 1 N–H and O–H groups in total. The zero-order valence-corrected chi connectivity index (χ0v) is 11.5. The van der Waals surface area contributed by atoms with Gasteiger partial charge >= 0.3 is 0 Å². The standard InChI is InChI=1S/C15H18FN3O/c1-19(10-14-3-2-6-20-14)15-11(7-12(16)9-18-15)8-17-13-4-5-13/h2-3,6-7,9,13,17H,4-5,8,10H2,1H3. The summed E-state index contributed by atoms with van der Waals surface area (Å²) in [5.74, 6) is 1.35. The van der Waals surface area contributed by atoms with E-state index >= 15 is 0 Å². The maximum atomic E-state index is 13.4. The second kappa shape index (κ2) is 5.63. The van der Waals surface area contributed by atoms with Crippen LogP contribution in [0, 0.1) is 5.82 Å². The lowest BCUT2D eigenvalue weighted by atomic mass is 10.2. The average Bonchev–Trinajstić information content (AvgIpc) is 3.13. The van der Waals surface area contributed by atoms with Crippen LogP contribution in [0.3, 0.4) is 0 Å². The summed E-state index contributed by atoms with van der Waals surface area (Å²) >= 11 is 0. The van der Waals surface area contributed by atoms with Crippen LogP contribution in [0.1, 0.15) is 24.2 Å². The number of nitrogens with one attached hydrogen (secondary N) is 1. The quantitative estimate of drug-likeness (QED) is 0.880. The molecule has 4 nitrogen and oxygen atoms in total. The summed E-state index contributed by atoms with van der Waals surface area (Å²) in [7, 11) is 1.93. The molecule has 1 aliphatic rings. The fourth-order valence-corrected chi connectivity index (χ4v) is 2.20. The first-order valence-corrected chi connectivity index (χ1v) is 6.83. The summed E-state index contributed by atoms with van der Waals surface area (Å²) < 4.78 is 18.7. The number of nitrogens with zero attached hydrogens (tertiary/aromatic N) is 2. The summed E-state index contributed by atoms with van der Waals surface area (Å²) in [5.41, 5.74) is 0.881. The molecule has 5 heteroatoms. The Labute approximate surface area is 117 Å². The molecule has 0 saturated heterocycles. The lowest BCUT2D eigenvalue weighted by Crippen LogP contribution is -2.22. The van der Waals surface area contributed by atoms with E-state index in [2.05, 4.69) is 10.3 Å². The Hall–Kier alpha value is -1.88. The first-order chi connectivity index (χ1) is 9.72. The summed E-state index contributed by atoms with van der Waals surface area (Å²) in [6, 6.07) is 5.91. The fraction of sp³-hybridized carbons (Fsp3) is 0.400. The Bertz CT molecular complexity index is 567. The van der Waals surface area contributed by atoms with Crippen molar-refractivity contribution in [1.82, 2.24) is 10.3 Å². The van der Waals surface area contributed by atoms with Gasteiger partial charge in [-0.3, -0.25) is 0 Å². The molecule has 3 rings (SSSR count). The zero-order chi connectivity index (χ0) is 13.9. The molecule has 106 valence electrons. The minimum absolute atomic E-state index is 0.298. The van der Waals surface area contributed by atoms with E-state index in [1.165, 1.54) is 19.0 Å². The molecule has 2 heterocycles. The molecule has 1 aliphatic carbocycles. The minimum atomic E-state index is -0.298. The van der Waals surface area contributed by atoms with Crippen molar-refractivity contribution in [3.63, 3.8) is 0 Å². The number of aromatic nitrogens is 1. The molecule has 0 aromatic carbocycles. The summed E-state index contributed by atoms with van der Waals surface area (Å²) in [6.45, 7) is 1.26. The molecule has 20 heavy (non-hydrogen) atoms. The zero-order valence-electron chi connectivity index (χ0n) is 11.5. The van der Waals surface area contributed by atoms with Crippen LogP contribution < -0.4 is 10.2 Å². The Balaban J connectivity index is 1.75. The van der Waals surface area contributed by atoms with Crippen molar-refractivity contribution in [2.45, 2.75) is 32.0 Å². The normalized spacial score (nSPS) is 14.5. The number of hydrogen-bond acceptors (Lipinski definition) is 4. The lowest BCUT2D eigenvalue weighted by Gasteiger charge is -2.20. The lowest BCUT2D eigenvalue weighted by molar-refractivity contribution is 0.506. The fourth-order valence-electron chi connectivity index (χ4n) is 2.20. The predicted molar refractivity (Wildman–Crippen MR) is 74.9 cm³/mol. The number of hydrogen-bond donors (Lipinski definition) is 1. The van der Waals surface area contributed by atoms with Crippen LogP contribution in [-0.4, -0.2) is 18.1 Å². The highest BCUT2D eigenvalue weighted by Gasteiger charge is 2.21. The average molecular weight is 275 g/mol. The van der Waals surface area contributed by atoms with Crippen LogP contribution >= 0.6 is 0 Å². The van der Waals surface area contributed by atoms with Crippen LogP contribution in [-0.2, 0) is 13.1 Å². The van der Waals surface area contributed by atoms with Crippen LogP contribution in [0.4, 0.5) is 10.2 Å². The smallest absolute Gasteiger partial charge is 0.141 e. The summed E-state index contributed by atoms with van der Waals surface area (Å²) in [5, 5.41) is 3.40. The van der Waals surface area contributed by atoms with E-state index < -0.39 is 0 Å². The van der Waals surface area contributed by atoms with Crippen LogP contribution in [0.15, 0.2) is 35.1 Å². The van der Waals surface area contributed by atoms with Crippen molar-refractivity contribution in [1.29, 1.82) is 0 Å². The van der Waals surface area contributed by atoms with Gasteiger partial charge in [-0.1, -0.05) is 0 Å². The molecular weight excluding hydrogens is 257 g/mol. The molecule has 2 aromatic rings. The van der Waals surface area contributed by atoms with Gasteiger partial charge in [-0.2, -0.15) is 0 Å². The Morgan fingerprint density at radius 3 is 3.05 bits per heavy atom. The minimum Gasteiger partial charge on any atom is -0.467 e. The van der Waals surface area contributed by atoms with E-state index in [9.17, 15) is 4.39 Å². The molecule has 0 bridgehead atoms. The van der Waals surface area contributed by atoms with E-state index in [1.807, 2.05) is 24.1 Å². The molecular formula is C15H18FN3O. The SMILES string of the molecule is CN(Cc1ccco1)c1ncc(F)cc1CNC1CC1. The van der Waals surface area contributed by atoms with Gasteiger partial charge in [0, 0.05) is 25.2 Å². The van der Waals surface area contributed by atoms with Gasteiger partial charge in [0.2, 0.25) is 0 Å². The highest BCUT2D eigenvalue weighted by Crippen LogP contribution is 2.23. The predicted octanol–water partition coefficient (Wildman–Crippen LogP) is 2.70. The van der Waals surface area contributed by atoms with E-state index in [0.717, 1.165) is 17.1 Å². The van der Waals surface area contributed by atoms with E-state index in [4.69, 9.17) is 4.42 Å². The van der Waals surface area contributed by atoms with E-state index in [-0.39, 0.29) is 5.82 Å². The van der Waals surface area contributed by atoms with Crippen molar-refractivity contribution in [3.8, 4) is 0 Å². The van der Waals surface area contributed by atoms with Gasteiger partial charge in [-0.25, -0.2) is 9.37 Å². The largest absolute Gasteiger partial charge is 0.467 e.